The Hall–Kier alpha value is -2.57. The molecule has 16 heavy (non-hydrogen) atoms. The number of amides is 1. The van der Waals surface area contributed by atoms with Gasteiger partial charge in [-0.2, -0.15) is 0 Å². The van der Waals surface area contributed by atoms with Crippen LogP contribution in [0.3, 0.4) is 0 Å². The third kappa shape index (κ3) is 1.78. The van der Waals surface area contributed by atoms with Crippen LogP contribution in [-0.4, -0.2) is 26.1 Å². The van der Waals surface area contributed by atoms with E-state index >= 15 is 0 Å². The zero-order chi connectivity index (χ0) is 11.5. The number of hydrogen-bond donors (Lipinski definition) is 2. The zero-order valence-electron chi connectivity index (χ0n) is 8.04. The van der Waals surface area contributed by atoms with E-state index in [2.05, 4.69) is 20.2 Å². The minimum absolute atomic E-state index is 0.190. The monoisotopic (exact) mass is 217 g/mol. The van der Waals surface area contributed by atoms with Crippen LogP contribution in [0.1, 0.15) is 10.5 Å². The second-order valence-electron chi connectivity index (χ2n) is 2.93. The number of rotatable bonds is 2. The molecule has 0 bridgehead atoms. The van der Waals surface area contributed by atoms with Gasteiger partial charge in [0, 0.05) is 6.20 Å². The fraction of sp³-hybridized carbons (Fsp3) is 0. The first-order valence-corrected chi connectivity index (χ1v) is 4.36. The molecule has 0 fully saturated rings. The Morgan fingerprint density at radius 3 is 2.69 bits per heavy atom. The third-order valence-electron chi connectivity index (χ3n) is 1.84. The lowest BCUT2D eigenvalue weighted by Gasteiger charge is -1.98. The highest BCUT2D eigenvalue weighted by atomic mass is 16.2. The molecule has 2 aromatic rings. The lowest BCUT2D eigenvalue weighted by atomic mass is 10.3. The lowest BCUT2D eigenvalue weighted by Crippen LogP contribution is -2.26. The van der Waals surface area contributed by atoms with Crippen LogP contribution >= 0.6 is 0 Å². The van der Waals surface area contributed by atoms with E-state index in [9.17, 15) is 9.59 Å². The average Bonchev–Trinajstić information content (AvgIpc) is 2.29. The highest BCUT2D eigenvalue weighted by Gasteiger charge is 2.11. The van der Waals surface area contributed by atoms with Gasteiger partial charge in [-0.3, -0.25) is 14.6 Å². The van der Waals surface area contributed by atoms with Crippen molar-refractivity contribution in [1.82, 2.24) is 20.2 Å². The summed E-state index contributed by atoms with van der Waals surface area (Å²) in [6, 6.07) is 5.13. The van der Waals surface area contributed by atoms with Crippen LogP contribution < -0.4 is 11.3 Å². The molecule has 80 valence electrons. The molecule has 1 amide bonds. The van der Waals surface area contributed by atoms with Gasteiger partial charge >= 0.3 is 0 Å². The Bertz CT molecular complexity index is 578. The van der Waals surface area contributed by atoms with Gasteiger partial charge in [0.25, 0.3) is 11.5 Å². The minimum atomic E-state index is -0.915. The molecule has 7 heteroatoms. The second kappa shape index (κ2) is 3.89. The summed E-state index contributed by atoms with van der Waals surface area (Å²) in [5.41, 5.74) is 4.29. The molecule has 7 nitrogen and oxygen atoms in total. The Morgan fingerprint density at radius 1 is 1.31 bits per heavy atom. The Balaban J connectivity index is 2.51. The molecule has 0 aliphatic heterocycles. The molecule has 0 spiro atoms. The number of carbonyl (C=O) groups excluding carboxylic acids is 1. The number of hydrogen-bond acceptors (Lipinski definition) is 5. The summed E-state index contributed by atoms with van der Waals surface area (Å²) in [5, 5.41) is 7.11. The first-order valence-electron chi connectivity index (χ1n) is 4.36. The standard InChI is InChI=1S/C9H7N5O2/c10-7(15)6-9(16)12-8(14-13-6)5-3-1-2-4-11-5/h1-4H,(H2,10,15)(H,12,14,16). The number of nitrogens with one attached hydrogen (secondary N) is 1. The van der Waals surface area contributed by atoms with Crippen LogP contribution in [0.4, 0.5) is 0 Å². The number of carbonyl (C=O) groups is 1. The normalized spacial score (nSPS) is 10.0. The molecule has 0 saturated carbocycles. The summed E-state index contributed by atoms with van der Waals surface area (Å²) in [4.78, 5) is 28.5. The molecule has 0 unspecified atom stereocenters. The van der Waals surface area contributed by atoms with Gasteiger partial charge in [0.05, 0.1) is 0 Å². The van der Waals surface area contributed by atoms with E-state index in [0.29, 0.717) is 5.69 Å². The largest absolute Gasteiger partial charge is 0.364 e. The molecule has 0 aliphatic carbocycles. The van der Waals surface area contributed by atoms with Gasteiger partial charge in [-0.15, -0.1) is 10.2 Å². The summed E-state index contributed by atoms with van der Waals surface area (Å²) in [6.45, 7) is 0. The summed E-state index contributed by atoms with van der Waals surface area (Å²) < 4.78 is 0. The van der Waals surface area contributed by atoms with Gasteiger partial charge in [-0.25, -0.2) is 0 Å². The lowest BCUT2D eigenvalue weighted by molar-refractivity contribution is 0.0993. The number of nitrogens with two attached hydrogens (primary N) is 1. The van der Waals surface area contributed by atoms with Gasteiger partial charge in [0.15, 0.2) is 5.82 Å². The van der Waals surface area contributed by atoms with Crippen LogP contribution in [0.2, 0.25) is 0 Å². The van der Waals surface area contributed by atoms with Crippen molar-refractivity contribution in [2.24, 2.45) is 5.73 Å². The molecule has 0 atom stereocenters. The summed E-state index contributed by atoms with van der Waals surface area (Å²) in [7, 11) is 0. The number of aromatic nitrogens is 4. The molecule has 3 N–H and O–H groups in total. The first kappa shape index (κ1) is 9.97. The number of primary amides is 1. The topological polar surface area (TPSA) is 115 Å². The highest BCUT2D eigenvalue weighted by Crippen LogP contribution is 2.06. The quantitative estimate of drug-likeness (QED) is 0.691. The maximum absolute atomic E-state index is 11.4. The van der Waals surface area contributed by atoms with Gasteiger partial charge in [0.2, 0.25) is 5.69 Å². The van der Waals surface area contributed by atoms with Crippen molar-refractivity contribution in [2.45, 2.75) is 0 Å². The van der Waals surface area contributed by atoms with E-state index < -0.39 is 17.2 Å². The molecule has 0 saturated heterocycles. The molecule has 2 heterocycles. The van der Waals surface area contributed by atoms with Crippen LogP contribution in [0.25, 0.3) is 11.5 Å². The Morgan fingerprint density at radius 2 is 2.12 bits per heavy atom. The molecule has 2 aromatic heterocycles. The fourth-order valence-corrected chi connectivity index (χ4v) is 1.12. The summed E-state index contributed by atoms with van der Waals surface area (Å²) in [5.74, 6) is -0.725. The fourth-order valence-electron chi connectivity index (χ4n) is 1.12. The predicted octanol–water partition coefficient (Wildman–Crippen LogP) is -0.674. The van der Waals surface area contributed by atoms with Gasteiger partial charge < -0.3 is 10.7 Å². The van der Waals surface area contributed by atoms with Crippen molar-refractivity contribution in [3.05, 3.63) is 40.4 Å². The van der Waals surface area contributed by atoms with Crippen molar-refractivity contribution in [3.63, 3.8) is 0 Å². The molecular weight excluding hydrogens is 210 g/mol. The number of H-pyrrole nitrogens is 1. The van der Waals surface area contributed by atoms with Gasteiger partial charge in [-0.05, 0) is 12.1 Å². The van der Waals surface area contributed by atoms with Crippen molar-refractivity contribution >= 4 is 5.91 Å². The summed E-state index contributed by atoms with van der Waals surface area (Å²) >= 11 is 0. The highest BCUT2D eigenvalue weighted by molar-refractivity contribution is 5.90. The average molecular weight is 217 g/mol. The maximum Gasteiger partial charge on any atom is 0.283 e. The summed E-state index contributed by atoms with van der Waals surface area (Å²) in [6.07, 6.45) is 1.55. The van der Waals surface area contributed by atoms with Gasteiger partial charge in [-0.1, -0.05) is 6.07 Å². The van der Waals surface area contributed by atoms with Crippen LogP contribution in [0.5, 0.6) is 0 Å². The smallest absolute Gasteiger partial charge is 0.283 e. The number of aromatic amines is 1. The van der Waals surface area contributed by atoms with E-state index in [4.69, 9.17) is 5.73 Å². The Labute approximate surface area is 89.4 Å². The van der Waals surface area contributed by atoms with Crippen molar-refractivity contribution < 1.29 is 4.79 Å². The van der Waals surface area contributed by atoms with Crippen molar-refractivity contribution in [2.75, 3.05) is 0 Å². The van der Waals surface area contributed by atoms with Crippen LogP contribution in [0, 0.1) is 0 Å². The van der Waals surface area contributed by atoms with E-state index in [1.807, 2.05) is 0 Å². The predicted molar refractivity (Wildman–Crippen MR) is 54.4 cm³/mol. The SMILES string of the molecule is NC(=O)c1nnc(-c2ccccn2)[nH]c1=O. The minimum Gasteiger partial charge on any atom is -0.364 e. The molecule has 0 aliphatic rings. The number of pyridine rings is 1. The third-order valence-corrected chi connectivity index (χ3v) is 1.84. The van der Waals surface area contributed by atoms with E-state index in [0.717, 1.165) is 0 Å². The second-order valence-corrected chi connectivity index (χ2v) is 2.93. The molecular formula is C9H7N5O2. The number of nitrogens with zero attached hydrogens (tertiary/aromatic N) is 3. The Kier molecular flexibility index (Phi) is 2.42. The molecule has 0 radical (unpaired) electrons. The zero-order valence-corrected chi connectivity index (χ0v) is 8.04. The maximum atomic E-state index is 11.4. The van der Waals surface area contributed by atoms with Gasteiger partial charge in [0.1, 0.15) is 5.69 Å². The van der Waals surface area contributed by atoms with Crippen LogP contribution in [0.15, 0.2) is 29.2 Å². The van der Waals surface area contributed by atoms with E-state index in [-0.39, 0.29) is 5.82 Å². The molecule has 0 aromatic carbocycles. The van der Waals surface area contributed by atoms with Crippen molar-refractivity contribution in [3.8, 4) is 11.5 Å². The van der Waals surface area contributed by atoms with E-state index in [1.165, 1.54) is 0 Å². The molecule has 2 rings (SSSR count). The van der Waals surface area contributed by atoms with Crippen molar-refractivity contribution in [1.29, 1.82) is 0 Å². The first-order chi connectivity index (χ1) is 7.68. The van der Waals surface area contributed by atoms with E-state index in [1.54, 1.807) is 24.4 Å². The van der Waals surface area contributed by atoms with Crippen LogP contribution in [-0.2, 0) is 0 Å².